The van der Waals surface area contributed by atoms with E-state index in [1.54, 1.807) is 31.2 Å². The minimum absolute atomic E-state index is 0.0862. The van der Waals surface area contributed by atoms with Gasteiger partial charge in [0, 0.05) is 11.1 Å². The molecule has 2 aromatic rings. The first kappa shape index (κ1) is 14.9. The van der Waals surface area contributed by atoms with Crippen LogP contribution in [0.25, 0.3) is 0 Å². The van der Waals surface area contributed by atoms with Gasteiger partial charge in [0.15, 0.2) is 0 Å². The SMILES string of the molecule is C/C(=N\O)c1ccccc1NC(=O)c1ccc(O)c(Cl)c1. The Morgan fingerprint density at radius 2 is 1.95 bits per heavy atom. The summed E-state index contributed by atoms with van der Waals surface area (Å²) in [5.41, 5.74) is 1.82. The second-order valence-electron chi connectivity index (χ2n) is 4.35. The molecular formula is C15H13ClN2O3. The summed E-state index contributed by atoms with van der Waals surface area (Å²) in [7, 11) is 0. The lowest BCUT2D eigenvalue weighted by Gasteiger charge is -2.10. The summed E-state index contributed by atoms with van der Waals surface area (Å²) < 4.78 is 0. The second-order valence-corrected chi connectivity index (χ2v) is 4.76. The van der Waals surface area contributed by atoms with Crippen molar-refractivity contribution in [2.24, 2.45) is 5.16 Å². The lowest BCUT2D eigenvalue weighted by molar-refractivity contribution is 0.102. The average molecular weight is 305 g/mol. The summed E-state index contributed by atoms with van der Waals surface area (Å²) in [6, 6.07) is 11.2. The molecule has 2 rings (SSSR count). The fraction of sp³-hybridized carbons (Fsp3) is 0.0667. The number of oxime groups is 1. The molecule has 108 valence electrons. The zero-order valence-electron chi connectivity index (χ0n) is 11.2. The number of carbonyl (C=O) groups is 1. The lowest BCUT2D eigenvalue weighted by atomic mass is 10.1. The molecule has 0 saturated heterocycles. The quantitative estimate of drug-likeness (QED) is 0.461. The summed E-state index contributed by atoms with van der Waals surface area (Å²) in [6.45, 7) is 1.63. The van der Waals surface area contributed by atoms with E-state index in [1.165, 1.54) is 18.2 Å². The summed E-state index contributed by atoms with van der Waals surface area (Å²) in [4.78, 5) is 12.2. The van der Waals surface area contributed by atoms with Crippen molar-refractivity contribution in [1.82, 2.24) is 0 Å². The molecule has 2 aromatic carbocycles. The summed E-state index contributed by atoms with van der Waals surface area (Å²) >= 11 is 5.78. The molecule has 0 aliphatic heterocycles. The summed E-state index contributed by atoms with van der Waals surface area (Å²) in [6.07, 6.45) is 0. The van der Waals surface area contributed by atoms with E-state index in [0.29, 0.717) is 22.5 Å². The van der Waals surface area contributed by atoms with Gasteiger partial charge in [0.25, 0.3) is 5.91 Å². The molecule has 6 heteroatoms. The standard InChI is InChI=1S/C15H13ClN2O3/c1-9(18-21)11-4-2-3-5-13(11)17-15(20)10-6-7-14(19)12(16)8-10/h2-8,19,21H,1H3,(H,17,20)/b18-9+. The Kier molecular flexibility index (Phi) is 4.45. The Labute approximate surface area is 126 Å². The van der Waals surface area contributed by atoms with E-state index in [9.17, 15) is 9.90 Å². The maximum Gasteiger partial charge on any atom is 0.255 e. The van der Waals surface area contributed by atoms with Crippen LogP contribution in [0, 0.1) is 0 Å². The number of benzene rings is 2. The molecule has 0 atom stereocenters. The first-order valence-electron chi connectivity index (χ1n) is 6.11. The molecule has 0 radical (unpaired) electrons. The van der Waals surface area contributed by atoms with Crippen LogP contribution >= 0.6 is 11.6 Å². The molecule has 0 fully saturated rings. The van der Waals surface area contributed by atoms with Gasteiger partial charge < -0.3 is 15.6 Å². The van der Waals surface area contributed by atoms with Gasteiger partial charge in [-0.3, -0.25) is 4.79 Å². The molecule has 0 aliphatic rings. The van der Waals surface area contributed by atoms with Gasteiger partial charge >= 0.3 is 0 Å². The molecule has 0 spiro atoms. The number of phenols is 1. The molecule has 5 nitrogen and oxygen atoms in total. The predicted molar refractivity (Wildman–Crippen MR) is 81.5 cm³/mol. The molecule has 0 unspecified atom stereocenters. The molecule has 0 heterocycles. The Hall–Kier alpha value is -2.53. The van der Waals surface area contributed by atoms with Crippen molar-refractivity contribution in [1.29, 1.82) is 0 Å². The predicted octanol–water partition coefficient (Wildman–Crippen LogP) is 3.50. The van der Waals surface area contributed by atoms with Gasteiger partial charge in [0.1, 0.15) is 5.75 Å². The van der Waals surface area contributed by atoms with E-state index in [1.807, 2.05) is 0 Å². The van der Waals surface area contributed by atoms with E-state index in [-0.39, 0.29) is 16.7 Å². The number of nitrogens with zero attached hydrogens (tertiary/aromatic N) is 1. The highest BCUT2D eigenvalue weighted by Crippen LogP contribution is 2.24. The number of aromatic hydroxyl groups is 1. The maximum absolute atomic E-state index is 12.2. The van der Waals surface area contributed by atoms with Gasteiger partial charge in [-0.05, 0) is 31.2 Å². The van der Waals surface area contributed by atoms with E-state index in [2.05, 4.69) is 10.5 Å². The lowest BCUT2D eigenvalue weighted by Crippen LogP contribution is -2.14. The second kappa shape index (κ2) is 6.28. The molecular weight excluding hydrogens is 292 g/mol. The zero-order chi connectivity index (χ0) is 15.4. The van der Waals surface area contributed by atoms with Crippen molar-refractivity contribution < 1.29 is 15.1 Å². The van der Waals surface area contributed by atoms with Crippen molar-refractivity contribution in [2.45, 2.75) is 6.92 Å². The van der Waals surface area contributed by atoms with Crippen LogP contribution < -0.4 is 5.32 Å². The molecule has 0 aliphatic carbocycles. The van der Waals surface area contributed by atoms with Crippen molar-refractivity contribution in [3.8, 4) is 5.75 Å². The van der Waals surface area contributed by atoms with Crippen LogP contribution in [0.5, 0.6) is 5.75 Å². The van der Waals surface area contributed by atoms with E-state index in [0.717, 1.165) is 0 Å². The van der Waals surface area contributed by atoms with Gasteiger partial charge in [0.05, 0.1) is 16.4 Å². The monoisotopic (exact) mass is 304 g/mol. The molecule has 21 heavy (non-hydrogen) atoms. The summed E-state index contributed by atoms with van der Waals surface area (Å²) in [5, 5.41) is 24.2. The normalized spacial score (nSPS) is 11.2. The first-order valence-corrected chi connectivity index (χ1v) is 6.48. The topological polar surface area (TPSA) is 81.9 Å². The third-order valence-corrected chi connectivity index (χ3v) is 3.23. The van der Waals surface area contributed by atoms with Gasteiger partial charge in [-0.1, -0.05) is 35.0 Å². The van der Waals surface area contributed by atoms with Gasteiger partial charge in [-0.25, -0.2) is 0 Å². The molecule has 0 saturated carbocycles. The largest absolute Gasteiger partial charge is 0.506 e. The van der Waals surface area contributed by atoms with Gasteiger partial charge in [-0.15, -0.1) is 0 Å². The number of hydrogen-bond acceptors (Lipinski definition) is 4. The number of anilines is 1. The van der Waals surface area contributed by atoms with E-state index >= 15 is 0 Å². The molecule has 1 amide bonds. The highest BCUT2D eigenvalue weighted by molar-refractivity contribution is 6.32. The third-order valence-electron chi connectivity index (χ3n) is 2.92. The Bertz CT molecular complexity index is 714. The smallest absolute Gasteiger partial charge is 0.255 e. The highest BCUT2D eigenvalue weighted by atomic mass is 35.5. The molecule has 0 bridgehead atoms. The minimum Gasteiger partial charge on any atom is -0.506 e. The Morgan fingerprint density at radius 1 is 1.24 bits per heavy atom. The number of nitrogens with one attached hydrogen (secondary N) is 1. The van der Waals surface area contributed by atoms with E-state index < -0.39 is 0 Å². The number of halogens is 1. The van der Waals surface area contributed by atoms with Gasteiger partial charge in [0.2, 0.25) is 0 Å². The minimum atomic E-state index is -0.380. The molecule has 0 aromatic heterocycles. The highest BCUT2D eigenvalue weighted by Gasteiger charge is 2.12. The number of amides is 1. The number of para-hydroxylation sites is 1. The van der Waals surface area contributed by atoms with Crippen LogP contribution in [0.1, 0.15) is 22.8 Å². The van der Waals surface area contributed by atoms with Crippen molar-refractivity contribution in [3.63, 3.8) is 0 Å². The average Bonchev–Trinajstić information content (AvgIpc) is 2.49. The zero-order valence-corrected chi connectivity index (χ0v) is 11.9. The van der Waals surface area contributed by atoms with Crippen molar-refractivity contribution >= 4 is 28.9 Å². The van der Waals surface area contributed by atoms with E-state index in [4.69, 9.17) is 16.8 Å². The summed E-state index contributed by atoms with van der Waals surface area (Å²) in [5.74, 6) is -0.466. The first-order chi connectivity index (χ1) is 10.0. The van der Waals surface area contributed by atoms with Crippen LogP contribution in [-0.4, -0.2) is 21.9 Å². The van der Waals surface area contributed by atoms with Gasteiger partial charge in [-0.2, -0.15) is 0 Å². The van der Waals surface area contributed by atoms with Crippen LogP contribution in [0.2, 0.25) is 5.02 Å². The van der Waals surface area contributed by atoms with Crippen molar-refractivity contribution in [3.05, 3.63) is 58.6 Å². The Morgan fingerprint density at radius 3 is 2.62 bits per heavy atom. The fourth-order valence-corrected chi connectivity index (χ4v) is 1.98. The number of phenolic OH excluding ortho intramolecular Hbond substituents is 1. The van der Waals surface area contributed by atoms with Crippen LogP contribution in [-0.2, 0) is 0 Å². The number of carbonyl (C=O) groups excluding carboxylic acids is 1. The maximum atomic E-state index is 12.2. The van der Waals surface area contributed by atoms with Crippen LogP contribution in [0.15, 0.2) is 47.6 Å². The fourth-order valence-electron chi connectivity index (χ4n) is 1.80. The number of rotatable bonds is 3. The third kappa shape index (κ3) is 3.32. The Balaban J connectivity index is 2.30. The number of hydrogen-bond donors (Lipinski definition) is 3. The van der Waals surface area contributed by atoms with Crippen LogP contribution in [0.4, 0.5) is 5.69 Å². The van der Waals surface area contributed by atoms with Crippen molar-refractivity contribution in [2.75, 3.05) is 5.32 Å². The molecule has 3 N–H and O–H groups in total. The van der Waals surface area contributed by atoms with Crippen LogP contribution in [0.3, 0.4) is 0 Å².